The molecule has 0 saturated heterocycles. The van der Waals surface area contributed by atoms with Crippen molar-refractivity contribution < 1.29 is 18.0 Å². The smallest absolute Gasteiger partial charge is 0.357 e. The zero-order valence-corrected chi connectivity index (χ0v) is 13.4. The van der Waals surface area contributed by atoms with E-state index in [1.54, 1.807) is 0 Å². The van der Waals surface area contributed by atoms with E-state index in [0.29, 0.717) is 10.7 Å². The molecule has 3 aromatic rings. The molecule has 1 aliphatic heterocycles. The van der Waals surface area contributed by atoms with E-state index in [2.05, 4.69) is 15.3 Å². The summed E-state index contributed by atoms with van der Waals surface area (Å²) in [5.74, 6) is -0.651. The van der Waals surface area contributed by atoms with E-state index < -0.39 is 17.6 Å². The largest absolute Gasteiger partial charge is 0.417 e. The van der Waals surface area contributed by atoms with Crippen LogP contribution in [-0.4, -0.2) is 17.1 Å². The maximum atomic E-state index is 13.2. The van der Waals surface area contributed by atoms with Crippen LogP contribution < -0.4 is 5.32 Å². The summed E-state index contributed by atoms with van der Waals surface area (Å²) in [6.45, 7) is 0.128. The summed E-state index contributed by atoms with van der Waals surface area (Å²) in [4.78, 5) is 19.5. The van der Waals surface area contributed by atoms with E-state index in [-0.39, 0.29) is 17.7 Å². The number of hydrogen-bond donors (Lipinski definition) is 1. The highest BCUT2D eigenvalue weighted by atomic mass is 32.1. The maximum Gasteiger partial charge on any atom is 0.417 e. The Hall–Kier alpha value is -2.74. The van der Waals surface area contributed by atoms with Crippen LogP contribution in [-0.2, 0) is 12.7 Å². The Kier molecular flexibility index (Phi) is 3.57. The zero-order valence-electron chi connectivity index (χ0n) is 12.6. The molecule has 0 fully saturated rings. The van der Waals surface area contributed by atoms with Crippen molar-refractivity contribution in [3.8, 4) is 0 Å². The Labute approximate surface area is 144 Å². The summed E-state index contributed by atoms with van der Waals surface area (Å²) < 4.78 is 40.7. The van der Waals surface area contributed by atoms with Gasteiger partial charge in [-0.25, -0.2) is 9.98 Å². The number of benzene rings is 2. The number of nitrogens with one attached hydrogen (secondary N) is 1. The van der Waals surface area contributed by atoms with Gasteiger partial charge in [0, 0.05) is 18.3 Å². The number of nitrogens with zero attached hydrogens (tertiary/aromatic N) is 2. The summed E-state index contributed by atoms with van der Waals surface area (Å²) in [6, 6.07) is 10.0. The molecule has 0 spiro atoms. The predicted molar refractivity (Wildman–Crippen MR) is 90.3 cm³/mol. The third-order valence-electron chi connectivity index (χ3n) is 3.82. The molecule has 1 amide bonds. The molecule has 25 heavy (non-hydrogen) atoms. The number of hydrogen-bond acceptors (Lipinski definition) is 4. The summed E-state index contributed by atoms with van der Waals surface area (Å²) in [5.41, 5.74) is 0.144. The van der Waals surface area contributed by atoms with E-state index in [1.165, 1.54) is 17.4 Å². The Morgan fingerprint density at radius 1 is 1.16 bits per heavy atom. The van der Waals surface area contributed by atoms with Crippen LogP contribution in [0.25, 0.3) is 10.2 Å². The van der Waals surface area contributed by atoms with Gasteiger partial charge in [-0.3, -0.25) is 4.79 Å². The number of carbonyl (C=O) groups is 1. The Morgan fingerprint density at radius 2 is 1.96 bits per heavy atom. The lowest BCUT2D eigenvalue weighted by Gasteiger charge is -2.13. The van der Waals surface area contributed by atoms with Crippen LogP contribution in [0.2, 0.25) is 0 Å². The average molecular weight is 361 g/mol. The van der Waals surface area contributed by atoms with Gasteiger partial charge in [-0.05, 0) is 29.8 Å². The molecule has 0 atom stereocenters. The van der Waals surface area contributed by atoms with Gasteiger partial charge in [-0.15, -0.1) is 0 Å². The second-order valence-electron chi connectivity index (χ2n) is 5.51. The minimum atomic E-state index is -4.55. The van der Waals surface area contributed by atoms with Crippen LogP contribution in [0.1, 0.15) is 27.0 Å². The lowest BCUT2D eigenvalue weighted by atomic mass is 9.99. The molecule has 2 heterocycles. The van der Waals surface area contributed by atoms with Crippen LogP contribution in [0.3, 0.4) is 0 Å². The van der Waals surface area contributed by atoms with E-state index in [9.17, 15) is 18.0 Å². The SMILES string of the molecule is O=C1N=Cc2c1cc(CNc1nc3ccccc3s1)cc2C(F)(F)F. The monoisotopic (exact) mass is 361 g/mol. The molecule has 0 unspecified atom stereocenters. The van der Waals surface area contributed by atoms with Crippen molar-refractivity contribution >= 4 is 38.8 Å². The van der Waals surface area contributed by atoms with Crippen molar-refractivity contribution in [2.75, 3.05) is 5.32 Å². The third kappa shape index (κ3) is 2.89. The summed E-state index contributed by atoms with van der Waals surface area (Å²) in [7, 11) is 0. The molecular weight excluding hydrogens is 351 g/mol. The normalized spacial score (nSPS) is 13.5. The zero-order chi connectivity index (χ0) is 17.6. The molecule has 4 rings (SSSR count). The van der Waals surface area contributed by atoms with Crippen LogP contribution in [0, 0.1) is 0 Å². The van der Waals surface area contributed by atoms with E-state index in [4.69, 9.17) is 0 Å². The summed E-state index contributed by atoms with van der Waals surface area (Å²) in [5, 5.41) is 3.63. The van der Waals surface area contributed by atoms with Crippen molar-refractivity contribution in [3.05, 3.63) is 58.7 Å². The van der Waals surface area contributed by atoms with E-state index >= 15 is 0 Å². The number of alkyl halides is 3. The van der Waals surface area contributed by atoms with Gasteiger partial charge < -0.3 is 5.32 Å². The minimum Gasteiger partial charge on any atom is -0.357 e. The molecule has 4 nitrogen and oxygen atoms in total. The molecule has 1 N–H and O–H groups in total. The molecule has 8 heteroatoms. The van der Waals surface area contributed by atoms with Crippen LogP contribution >= 0.6 is 11.3 Å². The first-order valence-electron chi connectivity index (χ1n) is 7.34. The number of carbonyl (C=O) groups excluding carboxylic acids is 1. The molecule has 0 aliphatic carbocycles. The number of rotatable bonds is 3. The fraction of sp³-hybridized carbons (Fsp3) is 0.118. The van der Waals surface area contributed by atoms with Crippen molar-refractivity contribution in [3.63, 3.8) is 0 Å². The van der Waals surface area contributed by atoms with Crippen LogP contribution in [0.5, 0.6) is 0 Å². The highest BCUT2D eigenvalue weighted by Gasteiger charge is 2.36. The van der Waals surface area contributed by atoms with Gasteiger partial charge in [0.25, 0.3) is 5.91 Å². The molecule has 1 aromatic heterocycles. The van der Waals surface area contributed by atoms with Gasteiger partial charge in [0.05, 0.1) is 21.3 Å². The average Bonchev–Trinajstić information content (AvgIpc) is 3.15. The molecular formula is C17H10F3N3OS. The molecule has 0 saturated carbocycles. The molecule has 0 radical (unpaired) electrons. The third-order valence-corrected chi connectivity index (χ3v) is 4.82. The minimum absolute atomic E-state index is 0.0177. The number of aliphatic imine (C=N–C) groups is 1. The highest BCUT2D eigenvalue weighted by Crippen LogP contribution is 2.35. The van der Waals surface area contributed by atoms with Gasteiger partial charge in [0.2, 0.25) is 0 Å². The number of anilines is 1. The summed E-state index contributed by atoms with van der Waals surface area (Å²) in [6.07, 6.45) is -3.57. The highest BCUT2D eigenvalue weighted by molar-refractivity contribution is 7.22. The van der Waals surface area contributed by atoms with Gasteiger partial charge in [-0.2, -0.15) is 13.2 Å². The molecule has 2 aromatic carbocycles. The van der Waals surface area contributed by atoms with Crippen LogP contribution in [0.15, 0.2) is 41.4 Å². The predicted octanol–water partition coefficient (Wildman–Crippen LogP) is 4.50. The van der Waals surface area contributed by atoms with Crippen LogP contribution in [0.4, 0.5) is 18.3 Å². The second kappa shape index (κ2) is 5.66. The fourth-order valence-corrected chi connectivity index (χ4v) is 3.55. The molecule has 1 aliphatic rings. The topological polar surface area (TPSA) is 54.4 Å². The lowest BCUT2D eigenvalue weighted by Crippen LogP contribution is -2.12. The Bertz CT molecular complexity index is 991. The maximum absolute atomic E-state index is 13.2. The van der Waals surface area contributed by atoms with Gasteiger partial charge >= 0.3 is 6.18 Å². The number of amides is 1. The Balaban J connectivity index is 1.65. The van der Waals surface area contributed by atoms with Crippen molar-refractivity contribution in [1.82, 2.24) is 4.98 Å². The molecule has 0 bridgehead atoms. The first-order valence-corrected chi connectivity index (χ1v) is 8.15. The number of aromatic nitrogens is 1. The standard InChI is InChI=1S/C17H10F3N3OS/c18-17(19,20)12-6-9(5-10-11(12)8-21-15(10)24)7-22-16-23-13-3-1-2-4-14(13)25-16/h1-6,8H,7H2,(H,22,23). The van der Waals surface area contributed by atoms with E-state index in [1.807, 2.05) is 24.3 Å². The number of halogens is 3. The molecule has 126 valence electrons. The second-order valence-corrected chi connectivity index (χ2v) is 6.54. The number of thiazole rings is 1. The number of fused-ring (bicyclic) bond motifs is 2. The fourth-order valence-electron chi connectivity index (χ4n) is 2.68. The van der Waals surface area contributed by atoms with Gasteiger partial charge in [0.1, 0.15) is 0 Å². The summed E-state index contributed by atoms with van der Waals surface area (Å²) >= 11 is 1.42. The Morgan fingerprint density at radius 3 is 2.72 bits per heavy atom. The van der Waals surface area contributed by atoms with Gasteiger partial charge in [-0.1, -0.05) is 23.5 Å². The van der Waals surface area contributed by atoms with Crippen molar-refractivity contribution in [1.29, 1.82) is 0 Å². The first-order chi connectivity index (χ1) is 11.9. The van der Waals surface area contributed by atoms with Crippen molar-refractivity contribution in [2.45, 2.75) is 12.7 Å². The van der Waals surface area contributed by atoms with Gasteiger partial charge in [0.15, 0.2) is 5.13 Å². The van der Waals surface area contributed by atoms with Crippen molar-refractivity contribution in [2.24, 2.45) is 4.99 Å². The lowest BCUT2D eigenvalue weighted by molar-refractivity contribution is -0.137. The number of para-hydroxylation sites is 1. The quantitative estimate of drug-likeness (QED) is 0.747. The first kappa shape index (κ1) is 15.8. The van der Waals surface area contributed by atoms with E-state index in [0.717, 1.165) is 22.5 Å².